The molecular weight excluding hydrogens is 192 g/mol. The van der Waals surface area contributed by atoms with Gasteiger partial charge in [0.1, 0.15) is 0 Å². The first-order chi connectivity index (χ1) is 6.97. The molecule has 0 amide bonds. The predicted molar refractivity (Wildman–Crippen MR) is 58.3 cm³/mol. The van der Waals surface area contributed by atoms with Crippen molar-refractivity contribution in [3.05, 3.63) is 35.4 Å². The van der Waals surface area contributed by atoms with Gasteiger partial charge in [0.05, 0.1) is 12.2 Å². The maximum Gasteiger partial charge on any atom is 0.335 e. The van der Waals surface area contributed by atoms with Gasteiger partial charge in [0.15, 0.2) is 0 Å². The van der Waals surface area contributed by atoms with Gasteiger partial charge in [0, 0.05) is 12.5 Å². The maximum atomic E-state index is 10.7. The molecule has 0 saturated carbocycles. The molecule has 3 nitrogen and oxygen atoms in total. The maximum absolute atomic E-state index is 10.7. The second-order valence-electron chi connectivity index (χ2n) is 4.20. The summed E-state index contributed by atoms with van der Waals surface area (Å²) >= 11 is 0. The first-order valence-corrected chi connectivity index (χ1v) is 4.80. The molecule has 15 heavy (non-hydrogen) atoms. The average molecular weight is 208 g/mol. The molecule has 0 bridgehead atoms. The monoisotopic (exact) mass is 208 g/mol. The Morgan fingerprint density at radius 2 is 1.87 bits per heavy atom. The number of carboxylic acids is 1. The van der Waals surface area contributed by atoms with Gasteiger partial charge in [-0.25, -0.2) is 4.79 Å². The summed E-state index contributed by atoms with van der Waals surface area (Å²) in [5.41, 5.74) is 1.30. The molecule has 3 heteroatoms. The molecular formula is C12H16O3. The minimum absolute atomic E-state index is 0.0915. The summed E-state index contributed by atoms with van der Waals surface area (Å²) in [6.45, 7) is 4.73. The van der Waals surface area contributed by atoms with Crippen molar-refractivity contribution in [2.45, 2.75) is 19.3 Å². The number of hydrogen-bond acceptors (Lipinski definition) is 2. The summed E-state index contributed by atoms with van der Waals surface area (Å²) in [6, 6.07) is 6.91. The van der Waals surface area contributed by atoms with Crippen LogP contribution >= 0.6 is 0 Å². The number of aromatic carboxylic acids is 1. The van der Waals surface area contributed by atoms with E-state index in [1.807, 2.05) is 12.1 Å². The van der Waals surface area contributed by atoms with Crippen LogP contribution in [-0.4, -0.2) is 24.8 Å². The average Bonchev–Trinajstić information content (AvgIpc) is 2.18. The first-order valence-electron chi connectivity index (χ1n) is 4.80. The summed E-state index contributed by atoms with van der Waals surface area (Å²) in [5.74, 6) is -0.897. The lowest BCUT2D eigenvalue weighted by Crippen LogP contribution is -2.23. The van der Waals surface area contributed by atoms with Gasteiger partial charge in [-0.05, 0) is 17.7 Å². The van der Waals surface area contributed by atoms with Gasteiger partial charge in [-0.3, -0.25) is 0 Å². The number of hydrogen-bond donors (Lipinski definition) is 1. The molecule has 1 aromatic carbocycles. The predicted octanol–water partition coefficient (Wildman–Crippen LogP) is 2.31. The van der Waals surface area contributed by atoms with E-state index in [1.165, 1.54) is 0 Å². The summed E-state index contributed by atoms with van der Waals surface area (Å²) in [6.07, 6.45) is 0. The Morgan fingerprint density at radius 1 is 1.33 bits per heavy atom. The quantitative estimate of drug-likeness (QED) is 0.825. The zero-order valence-electron chi connectivity index (χ0n) is 9.28. The van der Waals surface area contributed by atoms with Crippen LogP contribution in [0.25, 0.3) is 0 Å². The highest BCUT2D eigenvalue weighted by Crippen LogP contribution is 2.23. The first kappa shape index (κ1) is 11.7. The van der Waals surface area contributed by atoms with Crippen molar-refractivity contribution in [2.75, 3.05) is 13.7 Å². The second kappa shape index (κ2) is 4.45. The van der Waals surface area contributed by atoms with Crippen LogP contribution in [0.15, 0.2) is 24.3 Å². The van der Waals surface area contributed by atoms with E-state index in [1.54, 1.807) is 19.2 Å². The van der Waals surface area contributed by atoms with Crippen molar-refractivity contribution < 1.29 is 14.6 Å². The number of benzene rings is 1. The van der Waals surface area contributed by atoms with Gasteiger partial charge < -0.3 is 9.84 Å². The summed E-state index contributed by atoms with van der Waals surface area (Å²) in [4.78, 5) is 10.7. The van der Waals surface area contributed by atoms with Crippen molar-refractivity contribution in [1.82, 2.24) is 0 Å². The highest BCUT2D eigenvalue weighted by molar-refractivity contribution is 5.87. The van der Waals surface area contributed by atoms with Crippen molar-refractivity contribution in [3.8, 4) is 0 Å². The Balaban J connectivity index is 2.93. The second-order valence-corrected chi connectivity index (χ2v) is 4.20. The molecule has 0 unspecified atom stereocenters. The van der Waals surface area contributed by atoms with Crippen LogP contribution in [0.2, 0.25) is 0 Å². The Labute approximate surface area is 89.7 Å². The number of rotatable bonds is 4. The topological polar surface area (TPSA) is 46.5 Å². The van der Waals surface area contributed by atoms with Crippen molar-refractivity contribution in [2.24, 2.45) is 0 Å². The normalized spacial score (nSPS) is 11.4. The SMILES string of the molecule is COCC(C)(C)c1ccc(C(=O)O)cc1. The fraction of sp³-hybridized carbons (Fsp3) is 0.417. The summed E-state index contributed by atoms with van der Waals surface area (Å²) in [5, 5.41) is 8.76. The largest absolute Gasteiger partial charge is 0.478 e. The number of carbonyl (C=O) groups is 1. The standard InChI is InChI=1S/C12H16O3/c1-12(2,8-15-3)10-6-4-9(5-7-10)11(13)14/h4-7H,8H2,1-3H3,(H,13,14). The van der Waals surface area contributed by atoms with E-state index < -0.39 is 5.97 Å². The summed E-state index contributed by atoms with van der Waals surface area (Å²) < 4.78 is 5.12. The molecule has 0 aliphatic heterocycles. The molecule has 0 spiro atoms. The van der Waals surface area contributed by atoms with Gasteiger partial charge in [0.25, 0.3) is 0 Å². The zero-order valence-corrected chi connectivity index (χ0v) is 9.28. The molecule has 1 aromatic rings. The Hall–Kier alpha value is -1.35. The minimum Gasteiger partial charge on any atom is -0.478 e. The van der Waals surface area contributed by atoms with Crippen LogP contribution in [-0.2, 0) is 10.2 Å². The van der Waals surface area contributed by atoms with Crippen LogP contribution in [0.4, 0.5) is 0 Å². The molecule has 0 atom stereocenters. The van der Waals surface area contributed by atoms with Crippen molar-refractivity contribution in [3.63, 3.8) is 0 Å². The highest BCUT2D eigenvalue weighted by atomic mass is 16.5. The van der Waals surface area contributed by atoms with Gasteiger partial charge in [-0.1, -0.05) is 26.0 Å². The van der Waals surface area contributed by atoms with E-state index in [-0.39, 0.29) is 5.41 Å². The van der Waals surface area contributed by atoms with Crippen LogP contribution < -0.4 is 0 Å². The van der Waals surface area contributed by atoms with E-state index in [2.05, 4.69) is 13.8 Å². The van der Waals surface area contributed by atoms with Crippen LogP contribution in [0, 0.1) is 0 Å². The third-order valence-corrected chi connectivity index (χ3v) is 2.42. The van der Waals surface area contributed by atoms with Crippen LogP contribution in [0.3, 0.4) is 0 Å². The number of methoxy groups -OCH3 is 1. The molecule has 0 aliphatic rings. The number of ether oxygens (including phenoxy) is 1. The van der Waals surface area contributed by atoms with Gasteiger partial charge in [-0.15, -0.1) is 0 Å². The van der Waals surface area contributed by atoms with Crippen LogP contribution in [0.5, 0.6) is 0 Å². The van der Waals surface area contributed by atoms with E-state index in [4.69, 9.17) is 9.84 Å². The smallest absolute Gasteiger partial charge is 0.335 e. The number of carboxylic acid groups (broad SMARTS) is 1. The van der Waals surface area contributed by atoms with E-state index >= 15 is 0 Å². The molecule has 1 N–H and O–H groups in total. The minimum atomic E-state index is -0.897. The third-order valence-electron chi connectivity index (χ3n) is 2.42. The van der Waals surface area contributed by atoms with E-state index in [0.717, 1.165) is 5.56 Å². The lowest BCUT2D eigenvalue weighted by atomic mass is 9.85. The molecule has 0 radical (unpaired) electrons. The van der Waals surface area contributed by atoms with Gasteiger partial charge in [0.2, 0.25) is 0 Å². The third kappa shape index (κ3) is 2.80. The van der Waals surface area contributed by atoms with E-state index in [9.17, 15) is 4.79 Å². The molecule has 0 aromatic heterocycles. The van der Waals surface area contributed by atoms with Gasteiger partial charge >= 0.3 is 5.97 Å². The Bertz CT molecular complexity index is 338. The molecule has 0 heterocycles. The van der Waals surface area contributed by atoms with Crippen LogP contribution in [0.1, 0.15) is 29.8 Å². The van der Waals surface area contributed by atoms with Crippen molar-refractivity contribution >= 4 is 5.97 Å². The molecule has 0 saturated heterocycles. The fourth-order valence-electron chi connectivity index (χ4n) is 1.51. The molecule has 82 valence electrons. The van der Waals surface area contributed by atoms with Crippen molar-refractivity contribution in [1.29, 1.82) is 0 Å². The highest BCUT2D eigenvalue weighted by Gasteiger charge is 2.20. The lowest BCUT2D eigenvalue weighted by molar-refractivity contribution is 0.0697. The Kier molecular flexibility index (Phi) is 3.48. The van der Waals surface area contributed by atoms with E-state index in [0.29, 0.717) is 12.2 Å². The fourth-order valence-corrected chi connectivity index (χ4v) is 1.51. The van der Waals surface area contributed by atoms with Gasteiger partial charge in [-0.2, -0.15) is 0 Å². The lowest BCUT2D eigenvalue weighted by Gasteiger charge is -2.24. The Morgan fingerprint density at radius 3 is 2.27 bits per heavy atom. The molecule has 0 aliphatic carbocycles. The molecule has 1 rings (SSSR count). The molecule has 0 fully saturated rings. The zero-order chi connectivity index (χ0) is 11.5. The summed E-state index contributed by atoms with van der Waals surface area (Å²) in [7, 11) is 1.66.